The van der Waals surface area contributed by atoms with Crippen molar-refractivity contribution in [3.63, 3.8) is 0 Å². The Bertz CT molecular complexity index is 705. The minimum absolute atomic E-state index is 0.129. The summed E-state index contributed by atoms with van der Waals surface area (Å²) in [6, 6.07) is 5.92. The number of aromatic amines is 1. The Morgan fingerprint density at radius 3 is 3.00 bits per heavy atom. The van der Waals surface area contributed by atoms with E-state index in [1.807, 2.05) is 0 Å². The minimum Gasteiger partial charge on any atom is -0.461 e. The van der Waals surface area contributed by atoms with Crippen molar-refractivity contribution in [3.8, 4) is 0 Å². The highest BCUT2D eigenvalue weighted by atomic mass is 19.1. The molecule has 1 heterocycles. The molecule has 7 nitrogen and oxygen atoms in total. The van der Waals surface area contributed by atoms with Crippen LogP contribution < -0.4 is 5.56 Å². The third-order valence-corrected chi connectivity index (χ3v) is 2.34. The van der Waals surface area contributed by atoms with Gasteiger partial charge in [-0.15, -0.1) is 9.89 Å². The molecule has 0 aliphatic carbocycles. The number of hydrogen-bond acceptors (Lipinski definition) is 5. The molecule has 0 aliphatic heterocycles. The SMILES string of the molecule is CCOC(=O)c1n[nH]n(N=Cc2ccccc2F)c1=O. The molecule has 1 aromatic heterocycles. The van der Waals surface area contributed by atoms with Crippen LogP contribution in [-0.2, 0) is 4.74 Å². The van der Waals surface area contributed by atoms with Gasteiger partial charge in [0.05, 0.1) is 12.8 Å². The zero-order valence-corrected chi connectivity index (χ0v) is 10.5. The summed E-state index contributed by atoms with van der Waals surface area (Å²) < 4.78 is 18.0. The molecule has 0 bridgehead atoms. The highest BCUT2D eigenvalue weighted by molar-refractivity contribution is 5.86. The molecular weight excluding hydrogens is 267 g/mol. The molecule has 0 saturated carbocycles. The zero-order chi connectivity index (χ0) is 14.5. The Hall–Kier alpha value is -2.77. The predicted molar refractivity (Wildman–Crippen MR) is 68.2 cm³/mol. The highest BCUT2D eigenvalue weighted by Crippen LogP contribution is 2.02. The summed E-state index contributed by atoms with van der Waals surface area (Å²) in [5.41, 5.74) is -0.972. The molecule has 1 N–H and O–H groups in total. The zero-order valence-electron chi connectivity index (χ0n) is 10.5. The van der Waals surface area contributed by atoms with Crippen molar-refractivity contribution >= 4 is 12.2 Å². The molecule has 0 amide bonds. The van der Waals surface area contributed by atoms with Crippen molar-refractivity contribution in [3.05, 3.63) is 51.7 Å². The van der Waals surface area contributed by atoms with Crippen LogP contribution in [0.5, 0.6) is 0 Å². The molecule has 8 heteroatoms. The van der Waals surface area contributed by atoms with Gasteiger partial charge in [0.15, 0.2) is 0 Å². The first-order valence-corrected chi connectivity index (χ1v) is 5.77. The fourth-order valence-electron chi connectivity index (χ4n) is 1.40. The van der Waals surface area contributed by atoms with Crippen LogP contribution in [0.4, 0.5) is 4.39 Å². The number of hydrogen-bond donors (Lipinski definition) is 1. The molecule has 2 rings (SSSR count). The van der Waals surface area contributed by atoms with E-state index in [1.54, 1.807) is 13.0 Å². The maximum absolute atomic E-state index is 13.3. The van der Waals surface area contributed by atoms with Gasteiger partial charge in [0.2, 0.25) is 5.69 Å². The smallest absolute Gasteiger partial charge is 0.364 e. The summed E-state index contributed by atoms with van der Waals surface area (Å²) in [6.07, 6.45) is 1.14. The monoisotopic (exact) mass is 278 g/mol. The lowest BCUT2D eigenvalue weighted by atomic mass is 10.2. The average molecular weight is 278 g/mol. The number of benzene rings is 1. The first-order valence-electron chi connectivity index (χ1n) is 5.77. The van der Waals surface area contributed by atoms with Crippen molar-refractivity contribution in [2.24, 2.45) is 5.10 Å². The van der Waals surface area contributed by atoms with Gasteiger partial charge in [0.25, 0.3) is 0 Å². The van der Waals surface area contributed by atoms with E-state index in [-0.39, 0.29) is 12.2 Å². The lowest BCUT2D eigenvalue weighted by Gasteiger charge is -1.95. The molecule has 0 unspecified atom stereocenters. The second kappa shape index (κ2) is 5.91. The topological polar surface area (TPSA) is 89.3 Å². The van der Waals surface area contributed by atoms with E-state index in [4.69, 9.17) is 0 Å². The summed E-state index contributed by atoms with van der Waals surface area (Å²) in [6.45, 7) is 1.74. The van der Waals surface area contributed by atoms with E-state index in [9.17, 15) is 14.0 Å². The van der Waals surface area contributed by atoms with Crippen LogP contribution in [0.15, 0.2) is 34.2 Å². The molecule has 104 valence electrons. The summed E-state index contributed by atoms with van der Waals surface area (Å²) in [5.74, 6) is -1.32. The summed E-state index contributed by atoms with van der Waals surface area (Å²) >= 11 is 0. The van der Waals surface area contributed by atoms with Crippen LogP contribution in [0, 0.1) is 5.82 Å². The number of aromatic nitrogens is 3. The number of carbonyl (C=O) groups excluding carboxylic acids is 1. The molecule has 0 radical (unpaired) electrons. The van der Waals surface area contributed by atoms with Crippen LogP contribution in [0.25, 0.3) is 0 Å². The number of halogens is 1. The molecule has 2 aromatic rings. The minimum atomic E-state index is -0.839. The van der Waals surface area contributed by atoms with Gasteiger partial charge < -0.3 is 4.74 Å². The largest absolute Gasteiger partial charge is 0.461 e. The number of H-pyrrole nitrogens is 1. The van der Waals surface area contributed by atoms with Crippen LogP contribution in [0.3, 0.4) is 0 Å². The molecule has 0 spiro atoms. The van der Waals surface area contributed by atoms with Gasteiger partial charge in [0.1, 0.15) is 5.82 Å². The molecular formula is C12H11FN4O3. The Kier molecular flexibility index (Phi) is 4.04. The maximum Gasteiger partial charge on any atom is 0.364 e. The van der Waals surface area contributed by atoms with Gasteiger partial charge in [0, 0.05) is 5.56 Å². The Labute approximate surface area is 112 Å². The second-order valence-corrected chi connectivity index (χ2v) is 3.66. The van der Waals surface area contributed by atoms with Crippen LogP contribution in [-0.4, -0.2) is 33.9 Å². The number of carbonyl (C=O) groups is 1. The number of rotatable bonds is 4. The molecule has 0 fully saturated rings. The van der Waals surface area contributed by atoms with Crippen LogP contribution in [0.1, 0.15) is 23.0 Å². The van der Waals surface area contributed by atoms with Gasteiger partial charge in [-0.25, -0.2) is 9.18 Å². The van der Waals surface area contributed by atoms with Crippen molar-refractivity contribution < 1.29 is 13.9 Å². The maximum atomic E-state index is 13.3. The Morgan fingerprint density at radius 2 is 2.30 bits per heavy atom. The summed E-state index contributed by atoms with van der Waals surface area (Å²) in [5, 5.41) is 9.46. The first kappa shape index (κ1) is 13.7. The van der Waals surface area contributed by atoms with Crippen molar-refractivity contribution in [2.45, 2.75) is 6.92 Å². The van der Waals surface area contributed by atoms with Crippen molar-refractivity contribution in [1.82, 2.24) is 15.1 Å². The number of ether oxygens (including phenoxy) is 1. The summed E-state index contributed by atoms with van der Waals surface area (Å²) in [4.78, 5) is 23.9. The summed E-state index contributed by atoms with van der Waals surface area (Å²) in [7, 11) is 0. The third-order valence-electron chi connectivity index (χ3n) is 2.34. The Morgan fingerprint density at radius 1 is 1.55 bits per heavy atom. The standard InChI is InChI=1S/C12H11FN4O3/c1-2-20-12(19)10-11(18)17(16-15-10)14-7-8-5-3-4-6-9(8)13/h3-7,16H,2H2,1H3. The van der Waals surface area contributed by atoms with Crippen molar-refractivity contribution in [2.75, 3.05) is 6.61 Å². The second-order valence-electron chi connectivity index (χ2n) is 3.66. The third kappa shape index (κ3) is 2.79. The van der Waals surface area contributed by atoms with E-state index in [0.29, 0.717) is 0 Å². The molecule has 0 saturated heterocycles. The van der Waals surface area contributed by atoms with Gasteiger partial charge in [-0.1, -0.05) is 18.2 Å². The quantitative estimate of drug-likeness (QED) is 0.660. The van der Waals surface area contributed by atoms with Crippen LogP contribution in [0.2, 0.25) is 0 Å². The predicted octanol–water partition coefficient (Wildman–Crippen LogP) is 0.769. The van der Waals surface area contributed by atoms with Crippen LogP contribution >= 0.6 is 0 Å². The number of esters is 1. The Balaban J connectivity index is 2.26. The van der Waals surface area contributed by atoms with E-state index in [2.05, 4.69) is 20.2 Å². The van der Waals surface area contributed by atoms with Gasteiger partial charge >= 0.3 is 11.5 Å². The molecule has 0 aliphatic rings. The average Bonchev–Trinajstić information content (AvgIpc) is 2.79. The first-order chi connectivity index (χ1) is 9.63. The van der Waals surface area contributed by atoms with Gasteiger partial charge in [-0.3, -0.25) is 4.79 Å². The van der Waals surface area contributed by atoms with E-state index in [0.717, 1.165) is 11.0 Å². The van der Waals surface area contributed by atoms with E-state index in [1.165, 1.54) is 18.2 Å². The number of nitrogens with one attached hydrogen (secondary N) is 1. The lowest BCUT2D eigenvalue weighted by molar-refractivity contribution is 0.0517. The van der Waals surface area contributed by atoms with Crippen molar-refractivity contribution in [1.29, 1.82) is 0 Å². The molecule has 20 heavy (non-hydrogen) atoms. The van der Waals surface area contributed by atoms with Gasteiger partial charge in [-0.2, -0.15) is 10.3 Å². The van der Waals surface area contributed by atoms with E-state index < -0.39 is 23.0 Å². The van der Waals surface area contributed by atoms with Gasteiger partial charge in [-0.05, 0) is 13.0 Å². The lowest BCUT2D eigenvalue weighted by Crippen LogP contribution is -2.20. The normalized spacial score (nSPS) is 10.9. The fourth-order valence-corrected chi connectivity index (χ4v) is 1.40. The highest BCUT2D eigenvalue weighted by Gasteiger charge is 2.17. The van der Waals surface area contributed by atoms with E-state index >= 15 is 0 Å². The molecule has 0 atom stereocenters. The fraction of sp³-hybridized carbons (Fsp3) is 0.167. The molecule has 1 aromatic carbocycles. The number of nitrogens with zero attached hydrogens (tertiary/aromatic N) is 3.